The van der Waals surface area contributed by atoms with Crippen molar-refractivity contribution in [2.45, 2.75) is 20.5 Å². The van der Waals surface area contributed by atoms with Crippen molar-refractivity contribution < 1.29 is 23.7 Å². The molecule has 0 atom stereocenters. The molecule has 0 bridgehead atoms. The van der Waals surface area contributed by atoms with Crippen molar-refractivity contribution in [1.82, 2.24) is 9.97 Å². The van der Waals surface area contributed by atoms with Crippen LogP contribution in [-0.4, -0.2) is 30.3 Å². The molecule has 2 aromatic heterocycles. The van der Waals surface area contributed by atoms with Gasteiger partial charge in [0.15, 0.2) is 11.5 Å². The van der Waals surface area contributed by atoms with Gasteiger partial charge in [0, 0.05) is 35.7 Å². The number of aryl methyl sites for hydroxylation is 2. The average Bonchev–Trinajstić information content (AvgIpc) is 2.85. The normalized spacial score (nSPS) is 10.6. The van der Waals surface area contributed by atoms with E-state index in [0.29, 0.717) is 28.7 Å². The number of nitrogens with zero attached hydrogens (tertiary/aromatic N) is 2. The van der Waals surface area contributed by atoms with Crippen LogP contribution >= 0.6 is 0 Å². The maximum atomic E-state index is 12.3. The molecule has 0 aliphatic rings. The van der Waals surface area contributed by atoms with Crippen LogP contribution in [0.4, 0.5) is 10.5 Å². The van der Waals surface area contributed by atoms with Crippen molar-refractivity contribution in [3.8, 4) is 23.0 Å². The number of fused-ring (bicyclic) bond motifs is 1. The van der Waals surface area contributed by atoms with Crippen molar-refractivity contribution in [3.63, 3.8) is 0 Å². The number of carbonyl (C=O) groups is 1. The molecule has 0 spiro atoms. The van der Waals surface area contributed by atoms with Crippen molar-refractivity contribution in [1.29, 1.82) is 0 Å². The van der Waals surface area contributed by atoms with Crippen LogP contribution in [0.3, 0.4) is 0 Å². The highest BCUT2D eigenvalue weighted by Crippen LogP contribution is 2.38. The summed E-state index contributed by atoms with van der Waals surface area (Å²) in [5, 5.41) is 3.59. The van der Waals surface area contributed by atoms with Crippen LogP contribution in [0.2, 0.25) is 0 Å². The predicted octanol–water partition coefficient (Wildman–Crippen LogP) is 5.80. The number of amides is 1. The Kier molecular flexibility index (Phi) is 6.77. The summed E-state index contributed by atoms with van der Waals surface area (Å²) in [5.74, 6) is 2.48. The van der Waals surface area contributed by atoms with E-state index in [1.54, 1.807) is 51.0 Å². The largest absolute Gasteiger partial charge is 0.493 e. The molecule has 8 nitrogen and oxygen atoms in total. The Morgan fingerprint density at radius 1 is 0.853 bits per heavy atom. The molecule has 1 amide bonds. The Morgan fingerprint density at radius 2 is 1.59 bits per heavy atom. The van der Waals surface area contributed by atoms with Crippen LogP contribution in [-0.2, 0) is 11.3 Å². The number of benzene rings is 2. The lowest BCUT2D eigenvalue weighted by Crippen LogP contribution is -2.14. The summed E-state index contributed by atoms with van der Waals surface area (Å²) in [6.45, 7) is 3.97. The fourth-order valence-electron chi connectivity index (χ4n) is 3.46. The Balaban J connectivity index is 1.53. The van der Waals surface area contributed by atoms with Gasteiger partial charge in [-0.2, -0.15) is 0 Å². The topological polar surface area (TPSA) is 91.8 Å². The van der Waals surface area contributed by atoms with Gasteiger partial charge in [0.25, 0.3) is 0 Å². The fourth-order valence-corrected chi connectivity index (χ4v) is 3.46. The van der Waals surface area contributed by atoms with E-state index in [0.717, 1.165) is 27.6 Å². The smallest absolute Gasteiger partial charge is 0.411 e. The lowest BCUT2D eigenvalue weighted by Gasteiger charge is -2.16. The number of hydrogen-bond acceptors (Lipinski definition) is 7. The van der Waals surface area contributed by atoms with Crippen molar-refractivity contribution in [2.75, 3.05) is 19.5 Å². The highest BCUT2D eigenvalue weighted by atomic mass is 16.5. The molecule has 4 aromatic rings. The number of hydrogen-bond donors (Lipinski definition) is 1. The van der Waals surface area contributed by atoms with E-state index >= 15 is 0 Å². The van der Waals surface area contributed by atoms with Gasteiger partial charge in [-0.25, -0.2) is 4.79 Å². The van der Waals surface area contributed by atoms with Crippen LogP contribution in [0.5, 0.6) is 23.0 Å². The van der Waals surface area contributed by atoms with Crippen LogP contribution < -0.4 is 19.5 Å². The maximum absolute atomic E-state index is 12.3. The third kappa shape index (κ3) is 5.01. The summed E-state index contributed by atoms with van der Waals surface area (Å²) in [6, 6.07) is 12.8. The molecule has 0 aliphatic heterocycles. The molecule has 0 aliphatic carbocycles. The molecule has 2 heterocycles. The molecule has 0 saturated heterocycles. The number of aromatic nitrogens is 2. The second kappa shape index (κ2) is 10.1. The van der Waals surface area contributed by atoms with Gasteiger partial charge in [0.05, 0.1) is 19.7 Å². The van der Waals surface area contributed by atoms with Gasteiger partial charge < -0.3 is 18.9 Å². The van der Waals surface area contributed by atoms with Crippen LogP contribution in [0.1, 0.15) is 16.7 Å². The molecule has 1 N–H and O–H groups in total. The Morgan fingerprint density at radius 3 is 2.32 bits per heavy atom. The number of rotatable bonds is 7. The summed E-state index contributed by atoms with van der Waals surface area (Å²) in [4.78, 5) is 20.6. The van der Waals surface area contributed by atoms with E-state index in [4.69, 9.17) is 18.9 Å². The van der Waals surface area contributed by atoms with Crippen molar-refractivity contribution >= 4 is 22.7 Å². The third-order valence-electron chi connectivity index (χ3n) is 5.30. The van der Waals surface area contributed by atoms with Crippen LogP contribution in [0.25, 0.3) is 10.9 Å². The highest BCUT2D eigenvalue weighted by molar-refractivity contribution is 5.89. The Bertz CT molecular complexity index is 1330. The lowest BCUT2D eigenvalue weighted by atomic mass is 10.1. The second-order valence-corrected chi connectivity index (χ2v) is 7.62. The quantitative estimate of drug-likeness (QED) is 0.373. The summed E-state index contributed by atoms with van der Waals surface area (Å²) < 4.78 is 22.4. The van der Waals surface area contributed by atoms with Gasteiger partial charge in [-0.05, 0) is 66.9 Å². The van der Waals surface area contributed by atoms with E-state index in [2.05, 4.69) is 15.3 Å². The first-order chi connectivity index (χ1) is 16.5. The molecule has 0 saturated carbocycles. The molecule has 8 heteroatoms. The maximum Gasteiger partial charge on any atom is 0.411 e. The molecule has 0 unspecified atom stereocenters. The zero-order valence-electron chi connectivity index (χ0n) is 19.4. The van der Waals surface area contributed by atoms with E-state index in [-0.39, 0.29) is 6.61 Å². The van der Waals surface area contributed by atoms with Gasteiger partial charge in [-0.15, -0.1) is 0 Å². The predicted molar refractivity (Wildman–Crippen MR) is 129 cm³/mol. The highest BCUT2D eigenvalue weighted by Gasteiger charge is 2.14. The molecule has 0 radical (unpaired) electrons. The van der Waals surface area contributed by atoms with Crippen molar-refractivity contribution in [3.05, 3.63) is 77.7 Å². The molecule has 2 aromatic carbocycles. The number of nitrogens with one attached hydrogen (secondary N) is 1. The van der Waals surface area contributed by atoms with E-state index in [9.17, 15) is 4.79 Å². The first-order valence-corrected chi connectivity index (χ1v) is 10.6. The lowest BCUT2D eigenvalue weighted by molar-refractivity contribution is 0.155. The number of ether oxygens (including phenoxy) is 4. The first kappa shape index (κ1) is 22.8. The second-order valence-electron chi connectivity index (χ2n) is 7.62. The molecule has 0 fully saturated rings. The Labute approximate surface area is 197 Å². The SMILES string of the molecule is COc1cc2nccc(Oc3cc(C)c(NC(=O)OCc4ccncc4)cc3C)c2cc1OC. The van der Waals surface area contributed by atoms with Gasteiger partial charge in [-0.3, -0.25) is 15.3 Å². The summed E-state index contributed by atoms with van der Waals surface area (Å²) in [5.41, 5.74) is 3.91. The Hall–Kier alpha value is -4.33. The zero-order valence-corrected chi connectivity index (χ0v) is 19.4. The number of carbonyl (C=O) groups excluding carboxylic acids is 1. The number of methoxy groups -OCH3 is 2. The van der Waals surface area contributed by atoms with E-state index < -0.39 is 6.09 Å². The van der Waals surface area contributed by atoms with Crippen LogP contribution in [0, 0.1) is 13.8 Å². The van der Waals surface area contributed by atoms with Crippen LogP contribution in [0.15, 0.2) is 61.1 Å². The summed E-state index contributed by atoms with van der Waals surface area (Å²) in [6.07, 6.45) is 4.46. The van der Waals surface area contributed by atoms with Gasteiger partial charge >= 0.3 is 6.09 Å². The third-order valence-corrected chi connectivity index (χ3v) is 5.30. The summed E-state index contributed by atoms with van der Waals surface area (Å²) >= 11 is 0. The molecular formula is C26H25N3O5. The standard InChI is InChI=1S/C26H25N3O5/c1-16-12-23(17(2)11-20(16)29-26(30)33-15-18-5-8-27-9-6-18)34-22-7-10-28-21-14-25(32-4)24(31-3)13-19(21)22/h5-14H,15H2,1-4H3,(H,29,30). The first-order valence-electron chi connectivity index (χ1n) is 10.6. The molecule has 174 valence electrons. The monoisotopic (exact) mass is 459 g/mol. The summed E-state index contributed by atoms with van der Waals surface area (Å²) in [7, 11) is 3.17. The molecule has 34 heavy (non-hydrogen) atoms. The molecule has 4 rings (SSSR count). The van der Waals surface area contributed by atoms with E-state index in [1.165, 1.54) is 0 Å². The van der Waals surface area contributed by atoms with Gasteiger partial charge in [-0.1, -0.05) is 0 Å². The molecular weight excluding hydrogens is 434 g/mol. The minimum atomic E-state index is -0.533. The number of pyridine rings is 2. The fraction of sp³-hybridized carbons (Fsp3) is 0.192. The van der Waals surface area contributed by atoms with Gasteiger partial charge in [0.2, 0.25) is 0 Å². The van der Waals surface area contributed by atoms with E-state index in [1.807, 2.05) is 38.1 Å². The minimum Gasteiger partial charge on any atom is -0.493 e. The minimum absolute atomic E-state index is 0.164. The number of anilines is 1. The van der Waals surface area contributed by atoms with Gasteiger partial charge in [0.1, 0.15) is 18.1 Å². The van der Waals surface area contributed by atoms with Crippen molar-refractivity contribution in [2.24, 2.45) is 0 Å². The zero-order chi connectivity index (χ0) is 24.1. The average molecular weight is 460 g/mol.